The molecule has 2 amide bonds. The van der Waals surface area contributed by atoms with Gasteiger partial charge in [-0.25, -0.2) is 4.79 Å². The number of carbonyl (C=O) groups excluding carboxylic acids is 2. The quantitative estimate of drug-likeness (QED) is 0.746. The summed E-state index contributed by atoms with van der Waals surface area (Å²) in [6.45, 7) is 2.07. The smallest absolute Gasteiger partial charge is 0.408 e. The van der Waals surface area contributed by atoms with Gasteiger partial charge in [-0.1, -0.05) is 6.07 Å². The molecule has 0 unspecified atom stereocenters. The molecule has 0 spiro atoms. The molecule has 4 rings (SSSR count). The van der Waals surface area contributed by atoms with Crippen molar-refractivity contribution in [2.45, 2.75) is 6.42 Å². The number of nitrogens with zero attached hydrogens (tertiary/aromatic N) is 3. The highest BCUT2D eigenvalue weighted by Crippen LogP contribution is 2.15. The van der Waals surface area contributed by atoms with Crippen LogP contribution in [0.1, 0.15) is 15.9 Å². The van der Waals surface area contributed by atoms with Crippen molar-refractivity contribution < 1.29 is 14.0 Å². The maximum Gasteiger partial charge on any atom is 0.417 e. The van der Waals surface area contributed by atoms with E-state index in [1.807, 2.05) is 17.8 Å². The van der Waals surface area contributed by atoms with Crippen molar-refractivity contribution in [3.8, 4) is 0 Å². The molecule has 2 aromatic heterocycles. The summed E-state index contributed by atoms with van der Waals surface area (Å²) < 4.78 is 6.82. The molecule has 0 radical (unpaired) electrons. The summed E-state index contributed by atoms with van der Waals surface area (Å²) in [6, 6.07) is 7.03. The molecule has 1 N–H and O–H groups in total. The van der Waals surface area contributed by atoms with Gasteiger partial charge in [-0.3, -0.25) is 14.6 Å². The lowest BCUT2D eigenvalue weighted by atomic mass is 10.1. The van der Waals surface area contributed by atoms with Crippen LogP contribution in [0.2, 0.25) is 0 Å². The zero-order chi connectivity index (χ0) is 19.0. The molecule has 0 atom stereocenters. The highest BCUT2D eigenvalue weighted by Gasteiger charge is 2.25. The molecule has 1 fully saturated rings. The van der Waals surface area contributed by atoms with Gasteiger partial charge in [0.05, 0.1) is 17.5 Å². The van der Waals surface area contributed by atoms with Crippen LogP contribution >= 0.6 is 0 Å². The molecule has 8 nitrogen and oxygen atoms in total. The second-order valence-electron chi connectivity index (χ2n) is 6.76. The average Bonchev–Trinajstić information content (AvgIpc) is 3.25. The van der Waals surface area contributed by atoms with E-state index in [2.05, 4.69) is 4.98 Å². The molecular formula is C19H20N4O4. The molecule has 1 saturated heterocycles. The summed E-state index contributed by atoms with van der Waals surface area (Å²) in [5, 5.41) is 0. The van der Waals surface area contributed by atoms with Gasteiger partial charge < -0.3 is 18.8 Å². The number of aryl methyl sites for hydroxylation is 1. The highest BCUT2D eigenvalue weighted by atomic mass is 16.4. The van der Waals surface area contributed by atoms with Gasteiger partial charge in [-0.15, -0.1) is 0 Å². The number of H-pyrrole nitrogens is 1. The zero-order valence-electron chi connectivity index (χ0n) is 15.0. The maximum atomic E-state index is 12.6. The third kappa shape index (κ3) is 3.51. The van der Waals surface area contributed by atoms with Gasteiger partial charge in [0, 0.05) is 45.6 Å². The number of aromatic nitrogens is 2. The predicted molar refractivity (Wildman–Crippen MR) is 98.4 cm³/mol. The third-order valence-electron chi connectivity index (χ3n) is 4.84. The third-order valence-corrected chi connectivity index (χ3v) is 4.84. The zero-order valence-corrected chi connectivity index (χ0v) is 15.0. The summed E-state index contributed by atoms with van der Waals surface area (Å²) in [4.78, 5) is 42.4. The minimum absolute atomic E-state index is 0.00272. The van der Waals surface area contributed by atoms with E-state index in [9.17, 15) is 14.4 Å². The van der Waals surface area contributed by atoms with Crippen LogP contribution in [0.5, 0.6) is 0 Å². The van der Waals surface area contributed by atoms with Crippen molar-refractivity contribution in [3.63, 3.8) is 0 Å². The fraction of sp³-hybridized carbons (Fsp3) is 0.316. The normalized spacial score (nSPS) is 14.7. The molecule has 27 heavy (non-hydrogen) atoms. The molecule has 1 aromatic carbocycles. The van der Waals surface area contributed by atoms with E-state index in [4.69, 9.17) is 4.42 Å². The Morgan fingerprint density at radius 3 is 2.56 bits per heavy atom. The van der Waals surface area contributed by atoms with Crippen molar-refractivity contribution in [3.05, 3.63) is 58.3 Å². The lowest BCUT2D eigenvalue weighted by molar-refractivity contribution is -0.131. The van der Waals surface area contributed by atoms with Crippen LogP contribution in [0.4, 0.5) is 0 Å². The van der Waals surface area contributed by atoms with Crippen LogP contribution in [0, 0.1) is 0 Å². The van der Waals surface area contributed by atoms with Crippen LogP contribution in [0.25, 0.3) is 11.1 Å². The number of rotatable bonds is 3. The molecule has 1 aliphatic rings. The minimum atomic E-state index is -0.507. The van der Waals surface area contributed by atoms with Gasteiger partial charge in [-0.2, -0.15) is 0 Å². The molecule has 3 aromatic rings. The Balaban J connectivity index is 1.36. The largest absolute Gasteiger partial charge is 0.417 e. The summed E-state index contributed by atoms with van der Waals surface area (Å²) in [5.74, 6) is -0.503. The van der Waals surface area contributed by atoms with Crippen LogP contribution in [-0.2, 0) is 18.3 Å². The van der Waals surface area contributed by atoms with E-state index in [0.29, 0.717) is 42.8 Å². The topological polar surface area (TPSA) is 91.6 Å². The van der Waals surface area contributed by atoms with Crippen molar-refractivity contribution in [2.75, 3.05) is 26.2 Å². The molecule has 140 valence electrons. The number of carbonyl (C=O) groups is 2. The van der Waals surface area contributed by atoms with Gasteiger partial charge >= 0.3 is 5.76 Å². The number of hydrogen-bond donors (Lipinski definition) is 1. The molecule has 1 aliphatic heterocycles. The molecular weight excluding hydrogens is 348 g/mol. The minimum Gasteiger partial charge on any atom is -0.408 e. The summed E-state index contributed by atoms with van der Waals surface area (Å²) >= 11 is 0. The number of amides is 2. The van der Waals surface area contributed by atoms with E-state index < -0.39 is 5.76 Å². The summed E-state index contributed by atoms with van der Waals surface area (Å²) in [6.07, 6.45) is 3.89. The number of benzene rings is 1. The number of fused-ring (bicyclic) bond motifs is 1. The van der Waals surface area contributed by atoms with Crippen LogP contribution < -0.4 is 5.76 Å². The Bertz CT molecular complexity index is 1050. The fourth-order valence-electron chi connectivity index (χ4n) is 3.37. The number of nitrogens with one attached hydrogen (secondary N) is 1. The average molecular weight is 368 g/mol. The van der Waals surface area contributed by atoms with E-state index >= 15 is 0 Å². The van der Waals surface area contributed by atoms with E-state index in [1.165, 1.54) is 0 Å². The molecule has 3 heterocycles. The lowest BCUT2D eigenvalue weighted by Crippen LogP contribution is -2.50. The second-order valence-corrected chi connectivity index (χ2v) is 6.76. The van der Waals surface area contributed by atoms with Crippen molar-refractivity contribution >= 4 is 22.9 Å². The highest BCUT2D eigenvalue weighted by molar-refractivity contribution is 5.94. The number of hydrogen-bond acceptors (Lipinski definition) is 4. The van der Waals surface area contributed by atoms with Crippen LogP contribution in [-0.4, -0.2) is 57.3 Å². The Labute approximate surface area is 155 Å². The Hall–Kier alpha value is -3.29. The fourth-order valence-corrected chi connectivity index (χ4v) is 3.37. The van der Waals surface area contributed by atoms with Gasteiger partial charge in [0.25, 0.3) is 5.91 Å². The van der Waals surface area contributed by atoms with Crippen LogP contribution in [0.3, 0.4) is 0 Å². The lowest BCUT2D eigenvalue weighted by Gasteiger charge is -2.34. The number of oxazole rings is 1. The number of aromatic amines is 1. The van der Waals surface area contributed by atoms with Crippen molar-refractivity contribution in [1.82, 2.24) is 19.4 Å². The van der Waals surface area contributed by atoms with E-state index in [0.717, 1.165) is 5.56 Å². The van der Waals surface area contributed by atoms with Gasteiger partial charge in [0.2, 0.25) is 5.91 Å². The first-order chi connectivity index (χ1) is 13.0. The van der Waals surface area contributed by atoms with Crippen molar-refractivity contribution in [1.29, 1.82) is 0 Å². The first-order valence-electron chi connectivity index (χ1n) is 8.80. The predicted octanol–water partition coefficient (Wildman–Crippen LogP) is 0.987. The molecule has 8 heteroatoms. The Morgan fingerprint density at radius 2 is 1.85 bits per heavy atom. The van der Waals surface area contributed by atoms with Gasteiger partial charge in [-0.05, 0) is 23.8 Å². The Morgan fingerprint density at radius 1 is 1.11 bits per heavy atom. The maximum absolute atomic E-state index is 12.6. The second kappa shape index (κ2) is 6.79. The van der Waals surface area contributed by atoms with E-state index in [1.54, 1.807) is 40.3 Å². The first-order valence-corrected chi connectivity index (χ1v) is 8.80. The van der Waals surface area contributed by atoms with Gasteiger partial charge in [0.15, 0.2) is 5.58 Å². The Kier molecular flexibility index (Phi) is 4.31. The van der Waals surface area contributed by atoms with E-state index in [-0.39, 0.29) is 18.2 Å². The van der Waals surface area contributed by atoms with Crippen molar-refractivity contribution in [2.24, 2.45) is 7.05 Å². The standard InChI is InChI=1S/C19H20N4O4/c1-21-5-4-14(12-21)18(25)23-8-6-22(7-9-23)17(24)11-13-2-3-16-15(10-13)20-19(26)27-16/h2-5,10,12H,6-9,11H2,1H3,(H,20,26). The SMILES string of the molecule is Cn1ccc(C(=O)N2CCN(C(=O)Cc3ccc4oc(=O)[nH]c4c3)CC2)c1. The molecule has 0 aliphatic carbocycles. The summed E-state index contributed by atoms with van der Waals surface area (Å²) in [5.41, 5.74) is 2.54. The molecule has 0 bridgehead atoms. The summed E-state index contributed by atoms with van der Waals surface area (Å²) in [7, 11) is 1.88. The first kappa shape index (κ1) is 17.1. The number of piperazine rings is 1. The molecule has 0 saturated carbocycles. The van der Waals surface area contributed by atoms with Gasteiger partial charge in [0.1, 0.15) is 0 Å². The van der Waals surface area contributed by atoms with Crippen LogP contribution in [0.15, 0.2) is 45.9 Å². The monoisotopic (exact) mass is 368 g/mol.